The van der Waals surface area contributed by atoms with Crippen molar-refractivity contribution in [3.63, 3.8) is 0 Å². The standard InChI is InChI=1S/C13H19NO3S/c1-4-13(5-2,8-10(15)16)14-12(17)11-9(3)6-7-18-11/h6-7H,4-5,8H2,1-3H3,(H,14,17)(H,15,16). The second-order valence-corrected chi connectivity index (χ2v) is 5.36. The summed E-state index contributed by atoms with van der Waals surface area (Å²) in [6, 6.07) is 1.89. The van der Waals surface area contributed by atoms with Gasteiger partial charge in [0.1, 0.15) is 0 Å². The lowest BCUT2D eigenvalue weighted by atomic mass is 9.89. The van der Waals surface area contributed by atoms with Crippen LogP contribution in [0.15, 0.2) is 11.4 Å². The molecule has 100 valence electrons. The monoisotopic (exact) mass is 269 g/mol. The molecule has 1 amide bonds. The Morgan fingerprint density at radius 1 is 1.39 bits per heavy atom. The van der Waals surface area contributed by atoms with Gasteiger partial charge in [-0.3, -0.25) is 9.59 Å². The van der Waals surface area contributed by atoms with Crippen molar-refractivity contribution in [2.24, 2.45) is 0 Å². The zero-order valence-electron chi connectivity index (χ0n) is 10.9. The van der Waals surface area contributed by atoms with E-state index in [-0.39, 0.29) is 12.3 Å². The fourth-order valence-corrected chi connectivity index (χ4v) is 2.73. The normalized spacial score (nSPS) is 11.3. The molecular weight excluding hydrogens is 250 g/mol. The number of carboxylic acid groups (broad SMARTS) is 1. The minimum Gasteiger partial charge on any atom is -0.481 e. The van der Waals surface area contributed by atoms with Gasteiger partial charge < -0.3 is 10.4 Å². The molecule has 1 rings (SSSR count). The first-order valence-electron chi connectivity index (χ1n) is 6.02. The first kappa shape index (κ1) is 14.7. The lowest BCUT2D eigenvalue weighted by Crippen LogP contribution is -2.49. The smallest absolute Gasteiger partial charge is 0.305 e. The van der Waals surface area contributed by atoms with E-state index < -0.39 is 11.5 Å². The van der Waals surface area contributed by atoms with Crippen LogP contribution in [0.5, 0.6) is 0 Å². The Balaban J connectivity index is 2.87. The van der Waals surface area contributed by atoms with Crippen LogP contribution in [0.2, 0.25) is 0 Å². The van der Waals surface area contributed by atoms with E-state index in [4.69, 9.17) is 5.11 Å². The van der Waals surface area contributed by atoms with Crippen LogP contribution in [0.4, 0.5) is 0 Å². The molecule has 0 aliphatic rings. The maximum Gasteiger partial charge on any atom is 0.305 e. The summed E-state index contributed by atoms with van der Waals surface area (Å²) in [4.78, 5) is 23.7. The maximum absolute atomic E-state index is 12.1. The highest BCUT2D eigenvalue weighted by Gasteiger charge is 2.31. The Kier molecular flexibility index (Phi) is 4.90. The average Bonchev–Trinajstić information content (AvgIpc) is 2.74. The van der Waals surface area contributed by atoms with Gasteiger partial charge in [0, 0.05) is 0 Å². The van der Waals surface area contributed by atoms with E-state index in [9.17, 15) is 9.59 Å². The lowest BCUT2D eigenvalue weighted by Gasteiger charge is -2.31. The second kappa shape index (κ2) is 6.00. The lowest BCUT2D eigenvalue weighted by molar-refractivity contribution is -0.138. The molecule has 0 spiro atoms. The fraction of sp³-hybridized carbons (Fsp3) is 0.538. The number of carbonyl (C=O) groups excluding carboxylic acids is 1. The number of hydrogen-bond acceptors (Lipinski definition) is 3. The van der Waals surface area contributed by atoms with Gasteiger partial charge in [-0.2, -0.15) is 0 Å². The summed E-state index contributed by atoms with van der Waals surface area (Å²) in [5.74, 6) is -1.06. The molecule has 1 heterocycles. The van der Waals surface area contributed by atoms with Crippen molar-refractivity contribution in [1.82, 2.24) is 5.32 Å². The van der Waals surface area contributed by atoms with E-state index in [1.54, 1.807) is 0 Å². The third-order valence-corrected chi connectivity index (χ3v) is 4.31. The fourth-order valence-electron chi connectivity index (χ4n) is 1.91. The Hall–Kier alpha value is -1.36. The molecule has 0 aliphatic carbocycles. The van der Waals surface area contributed by atoms with E-state index in [1.165, 1.54) is 11.3 Å². The summed E-state index contributed by atoms with van der Waals surface area (Å²) in [6.45, 7) is 5.67. The number of hydrogen-bond donors (Lipinski definition) is 2. The molecule has 0 atom stereocenters. The molecule has 5 heteroatoms. The Morgan fingerprint density at radius 3 is 2.39 bits per heavy atom. The minimum atomic E-state index is -0.887. The molecule has 18 heavy (non-hydrogen) atoms. The van der Waals surface area contributed by atoms with Crippen LogP contribution in [0.1, 0.15) is 48.3 Å². The number of rotatable bonds is 6. The van der Waals surface area contributed by atoms with Crippen LogP contribution in [0.3, 0.4) is 0 Å². The number of aliphatic carboxylic acids is 1. The van der Waals surface area contributed by atoms with Gasteiger partial charge >= 0.3 is 5.97 Å². The highest BCUT2D eigenvalue weighted by molar-refractivity contribution is 7.12. The number of nitrogens with one attached hydrogen (secondary N) is 1. The molecule has 0 unspecified atom stereocenters. The van der Waals surface area contributed by atoms with Crippen LogP contribution in [0, 0.1) is 6.92 Å². The molecule has 1 aromatic rings. The van der Waals surface area contributed by atoms with E-state index >= 15 is 0 Å². The van der Waals surface area contributed by atoms with Gasteiger partial charge in [0.15, 0.2) is 0 Å². The molecule has 0 saturated heterocycles. The molecule has 1 aromatic heterocycles. The molecule has 0 aromatic carbocycles. The van der Waals surface area contributed by atoms with Crippen LogP contribution in [-0.4, -0.2) is 22.5 Å². The average molecular weight is 269 g/mol. The molecule has 0 radical (unpaired) electrons. The van der Waals surface area contributed by atoms with Crippen molar-refractivity contribution >= 4 is 23.2 Å². The predicted molar refractivity (Wildman–Crippen MR) is 72.1 cm³/mol. The van der Waals surface area contributed by atoms with E-state index in [1.807, 2.05) is 32.2 Å². The van der Waals surface area contributed by atoms with Crippen molar-refractivity contribution in [2.45, 2.75) is 45.6 Å². The Bertz CT molecular complexity index is 435. The summed E-state index contributed by atoms with van der Waals surface area (Å²) < 4.78 is 0. The van der Waals surface area contributed by atoms with Crippen LogP contribution >= 0.6 is 11.3 Å². The highest BCUT2D eigenvalue weighted by Crippen LogP contribution is 2.23. The van der Waals surface area contributed by atoms with Gasteiger partial charge in [-0.05, 0) is 36.8 Å². The van der Waals surface area contributed by atoms with Gasteiger partial charge in [-0.25, -0.2) is 0 Å². The van der Waals surface area contributed by atoms with Crippen molar-refractivity contribution in [3.05, 3.63) is 21.9 Å². The van der Waals surface area contributed by atoms with Gasteiger partial charge in [-0.1, -0.05) is 13.8 Å². The first-order chi connectivity index (χ1) is 8.44. The molecule has 2 N–H and O–H groups in total. The van der Waals surface area contributed by atoms with E-state index in [2.05, 4.69) is 5.32 Å². The van der Waals surface area contributed by atoms with Crippen molar-refractivity contribution in [1.29, 1.82) is 0 Å². The molecule has 0 fully saturated rings. The number of aryl methyl sites for hydroxylation is 1. The van der Waals surface area contributed by atoms with Crippen molar-refractivity contribution < 1.29 is 14.7 Å². The largest absolute Gasteiger partial charge is 0.481 e. The first-order valence-corrected chi connectivity index (χ1v) is 6.90. The van der Waals surface area contributed by atoms with Gasteiger partial charge in [0.25, 0.3) is 5.91 Å². The van der Waals surface area contributed by atoms with Crippen LogP contribution < -0.4 is 5.32 Å². The zero-order chi connectivity index (χ0) is 13.8. The maximum atomic E-state index is 12.1. The summed E-state index contributed by atoms with van der Waals surface area (Å²) in [6.07, 6.45) is 1.16. The second-order valence-electron chi connectivity index (χ2n) is 4.44. The third kappa shape index (κ3) is 3.32. The minimum absolute atomic E-state index is 0.0455. The molecule has 4 nitrogen and oxygen atoms in total. The summed E-state index contributed by atoms with van der Waals surface area (Å²) >= 11 is 1.38. The number of carboxylic acids is 1. The van der Waals surface area contributed by atoms with Crippen LogP contribution in [0.25, 0.3) is 0 Å². The topological polar surface area (TPSA) is 66.4 Å². The third-order valence-electron chi connectivity index (χ3n) is 3.29. The summed E-state index contributed by atoms with van der Waals surface area (Å²) in [7, 11) is 0. The van der Waals surface area contributed by atoms with Crippen molar-refractivity contribution in [3.8, 4) is 0 Å². The van der Waals surface area contributed by atoms with Gasteiger partial charge in [0.05, 0.1) is 16.8 Å². The van der Waals surface area contributed by atoms with E-state index in [0.29, 0.717) is 17.7 Å². The number of carbonyl (C=O) groups is 2. The summed E-state index contributed by atoms with van der Waals surface area (Å²) in [5, 5.41) is 13.7. The molecular formula is C13H19NO3S. The highest BCUT2D eigenvalue weighted by atomic mass is 32.1. The quantitative estimate of drug-likeness (QED) is 0.834. The predicted octanol–water partition coefficient (Wildman–Crippen LogP) is 2.82. The SMILES string of the molecule is CCC(CC)(CC(=O)O)NC(=O)c1sccc1C. The van der Waals surface area contributed by atoms with Crippen LogP contribution in [-0.2, 0) is 4.79 Å². The number of thiophene rings is 1. The Morgan fingerprint density at radius 2 is 2.00 bits per heavy atom. The molecule has 0 saturated carbocycles. The zero-order valence-corrected chi connectivity index (χ0v) is 11.8. The van der Waals surface area contributed by atoms with Crippen molar-refractivity contribution in [2.75, 3.05) is 0 Å². The molecule has 0 bridgehead atoms. The Labute approximate surface area is 111 Å². The van der Waals surface area contributed by atoms with E-state index in [0.717, 1.165) is 5.56 Å². The summed E-state index contributed by atoms with van der Waals surface area (Å²) in [5.41, 5.74) is 0.272. The van der Waals surface area contributed by atoms with Gasteiger partial charge in [-0.15, -0.1) is 11.3 Å². The molecule has 0 aliphatic heterocycles. The van der Waals surface area contributed by atoms with Gasteiger partial charge in [0.2, 0.25) is 0 Å². The number of amides is 1.